The number of hydrogen-bond acceptors (Lipinski definition) is 2. The summed E-state index contributed by atoms with van der Waals surface area (Å²) in [6.07, 6.45) is 2.28. The lowest BCUT2D eigenvalue weighted by atomic mass is 10.2. The van der Waals surface area contributed by atoms with Crippen molar-refractivity contribution in [1.82, 2.24) is 10.3 Å². The third-order valence-corrected chi connectivity index (χ3v) is 3.84. The van der Waals surface area contributed by atoms with Gasteiger partial charge in [0.15, 0.2) is 0 Å². The van der Waals surface area contributed by atoms with Gasteiger partial charge in [-0.15, -0.1) is 0 Å². The van der Waals surface area contributed by atoms with E-state index in [1.807, 2.05) is 24.3 Å². The van der Waals surface area contributed by atoms with Crippen LogP contribution in [0.1, 0.15) is 23.3 Å². The lowest BCUT2D eigenvalue weighted by molar-refractivity contribution is 0.0854. The smallest absolute Gasteiger partial charge is 0.267 e. The number of fused-ring (bicyclic) bond motifs is 1. The molecule has 0 unspecified atom stereocenters. The van der Waals surface area contributed by atoms with Gasteiger partial charge in [-0.3, -0.25) is 4.79 Å². The first-order valence-corrected chi connectivity index (χ1v) is 7.20. The van der Waals surface area contributed by atoms with E-state index in [1.54, 1.807) is 0 Å². The summed E-state index contributed by atoms with van der Waals surface area (Å²) in [6.45, 7) is 1.39. The summed E-state index contributed by atoms with van der Waals surface area (Å²) in [4.78, 5) is 15.2. The first-order valence-electron chi connectivity index (χ1n) is 6.40. The van der Waals surface area contributed by atoms with Gasteiger partial charge in [0.2, 0.25) is 0 Å². The molecule has 0 aliphatic carbocycles. The van der Waals surface area contributed by atoms with Crippen LogP contribution in [0.2, 0.25) is 0 Å². The van der Waals surface area contributed by atoms with Crippen LogP contribution in [0.15, 0.2) is 28.7 Å². The third-order valence-electron chi connectivity index (χ3n) is 3.34. The predicted molar refractivity (Wildman–Crippen MR) is 77.3 cm³/mol. The Morgan fingerprint density at radius 1 is 1.47 bits per heavy atom. The normalized spacial score (nSPS) is 18.9. The van der Waals surface area contributed by atoms with Crippen molar-refractivity contribution in [1.29, 1.82) is 0 Å². The summed E-state index contributed by atoms with van der Waals surface area (Å²) < 4.78 is 6.48. The van der Waals surface area contributed by atoms with Crippen LogP contribution in [0, 0.1) is 0 Å². The number of H-pyrrole nitrogens is 1. The van der Waals surface area contributed by atoms with Crippen molar-refractivity contribution in [2.75, 3.05) is 13.2 Å². The van der Waals surface area contributed by atoms with E-state index in [0.717, 1.165) is 34.8 Å². The van der Waals surface area contributed by atoms with Crippen LogP contribution in [-0.2, 0) is 4.74 Å². The molecule has 100 valence electrons. The summed E-state index contributed by atoms with van der Waals surface area (Å²) in [5.74, 6) is -0.0807. The van der Waals surface area contributed by atoms with E-state index in [-0.39, 0.29) is 12.0 Å². The zero-order valence-corrected chi connectivity index (χ0v) is 12.0. The molecule has 1 aliphatic rings. The monoisotopic (exact) mass is 322 g/mol. The number of rotatable bonds is 3. The second kappa shape index (κ2) is 5.35. The standard InChI is InChI=1S/C14H15BrN2O2/c15-10-4-3-9-6-13(17-12(9)7-10)14(18)16-8-11-2-1-5-19-11/h3-4,6-7,11,17H,1-2,5,8H2,(H,16,18)/t11-/m1/s1. The number of ether oxygens (including phenoxy) is 1. The molecule has 0 radical (unpaired) electrons. The van der Waals surface area contributed by atoms with Gasteiger partial charge in [0.05, 0.1) is 6.10 Å². The molecule has 2 heterocycles. The molecule has 1 aromatic carbocycles. The van der Waals surface area contributed by atoms with Crippen LogP contribution in [0.4, 0.5) is 0 Å². The minimum Gasteiger partial charge on any atom is -0.376 e. The maximum Gasteiger partial charge on any atom is 0.267 e. The number of benzene rings is 1. The lowest BCUT2D eigenvalue weighted by Crippen LogP contribution is -2.31. The zero-order chi connectivity index (χ0) is 13.2. The number of carbonyl (C=O) groups is 1. The molecule has 1 atom stereocenters. The molecule has 3 rings (SSSR count). The Labute approximate surface area is 119 Å². The summed E-state index contributed by atoms with van der Waals surface area (Å²) in [7, 11) is 0. The number of aromatic nitrogens is 1. The quantitative estimate of drug-likeness (QED) is 0.913. The fraction of sp³-hybridized carbons (Fsp3) is 0.357. The molecular weight excluding hydrogens is 308 g/mol. The van der Waals surface area contributed by atoms with Gasteiger partial charge < -0.3 is 15.0 Å². The van der Waals surface area contributed by atoms with E-state index < -0.39 is 0 Å². The summed E-state index contributed by atoms with van der Waals surface area (Å²) in [5.41, 5.74) is 1.54. The van der Waals surface area contributed by atoms with E-state index in [4.69, 9.17) is 4.74 Å². The van der Waals surface area contributed by atoms with Crippen molar-refractivity contribution in [3.63, 3.8) is 0 Å². The highest BCUT2D eigenvalue weighted by molar-refractivity contribution is 9.10. The van der Waals surface area contributed by atoms with Gasteiger partial charge in [0, 0.05) is 28.5 Å². The van der Waals surface area contributed by atoms with Crippen molar-refractivity contribution in [3.8, 4) is 0 Å². The molecule has 2 N–H and O–H groups in total. The molecule has 2 aromatic rings. The Balaban J connectivity index is 1.70. The van der Waals surface area contributed by atoms with Gasteiger partial charge in [-0.1, -0.05) is 22.0 Å². The highest BCUT2D eigenvalue weighted by Crippen LogP contribution is 2.20. The van der Waals surface area contributed by atoms with E-state index in [9.17, 15) is 4.79 Å². The van der Waals surface area contributed by atoms with Crippen molar-refractivity contribution < 1.29 is 9.53 Å². The fourth-order valence-corrected chi connectivity index (χ4v) is 2.69. The minimum absolute atomic E-state index is 0.0807. The van der Waals surface area contributed by atoms with E-state index in [0.29, 0.717) is 12.2 Å². The molecule has 0 spiro atoms. The second-order valence-electron chi connectivity index (χ2n) is 4.76. The molecule has 5 heteroatoms. The second-order valence-corrected chi connectivity index (χ2v) is 5.68. The van der Waals surface area contributed by atoms with E-state index >= 15 is 0 Å². The van der Waals surface area contributed by atoms with Crippen molar-refractivity contribution in [2.45, 2.75) is 18.9 Å². The number of aromatic amines is 1. The topological polar surface area (TPSA) is 54.1 Å². The molecular formula is C14H15BrN2O2. The average molecular weight is 323 g/mol. The molecule has 1 amide bonds. The molecule has 4 nitrogen and oxygen atoms in total. The Hall–Kier alpha value is -1.33. The largest absolute Gasteiger partial charge is 0.376 e. The maximum atomic E-state index is 12.0. The first kappa shape index (κ1) is 12.7. The summed E-state index contributed by atoms with van der Waals surface area (Å²) in [6, 6.07) is 7.77. The SMILES string of the molecule is O=C(NC[C@H]1CCCO1)c1cc2ccc(Br)cc2[nH]1. The van der Waals surface area contributed by atoms with Gasteiger partial charge in [0.1, 0.15) is 5.69 Å². The Morgan fingerprint density at radius 2 is 2.37 bits per heavy atom. The minimum atomic E-state index is -0.0807. The molecule has 1 saturated heterocycles. The molecule has 1 aliphatic heterocycles. The van der Waals surface area contributed by atoms with Crippen LogP contribution < -0.4 is 5.32 Å². The molecule has 1 aromatic heterocycles. The summed E-state index contributed by atoms with van der Waals surface area (Å²) in [5, 5.41) is 3.94. The van der Waals surface area contributed by atoms with Crippen LogP contribution in [0.3, 0.4) is 0 Å². The lowest BCUT2D eigenvalue weighted by Gasteiger charge is -2.09. The van der Waals surface area contributed by atoms with Crippen molar-refractivity contribution >= 4 is 32.7 Å². The molecule has 0 saturated carbocycles. The number of nitrogens with one attached hydrogen (secondary N) is 2. The van der Waals surface area contributed by atoms with Gasteiger partial charge in [-0.2, -0.15) is 0 Å². The Kier molecular flexibility index (Phi) is 3.57. The number of carbonyl (C=O) groups excluding carboxylic acids is 1. The number of amides is 1. The van der Waals surface area contributed by atoms with Gasteiger partial charge in [-0.05, 0) is 31.0 Å². The van der Waals surface area contributed by atoms with Gasteiger partial charge >= 0.3 is 0 Å². The molecule has 0 bridgehead atoms. The Morgan fingerprint density at radius 3 is 3.16 bits per heavy atom. The van der Waals surface area contributed by atoms with Crippen LogP contribution in [-0.4, -0.2) is 30.1 Å². The third kappa shape index (κ3) is 2.82. The molecule has 19 heavy (non-hydrogen) atoms. The highest BCUT2D eigenvalue weighted by atomic mass is 79.9. The van der Waals surface area contributed by atoms with Gasteiger partial charge in [-0.25, -0.2) is 0 Å². The maximum absolute atomic E-state index is 12.0. The van der Waals surface area contributed by atoms with Crippen molar-refractivity contribution in [2.24, 2.45) is 0 Å². The average Bonchev–Trinajstić information content (AvgIpc) is 3.04. The highest BCUT2D eigenvalue weighted by Gasteiger charge is 2.17. The number of halogens is 1. The van der Waals surface area contributed by atoms with Crippen LogP contribution in [0.5, 0.6) is 0 Å². The Bertz CT molecular complexity index is 603. The number of hydrogen-bond donors (Lipinski definition) is 2. The predicted octanol–water partition coefficient (Wildman–Crippen LogP) is 2.84. The first-order chi connectivity index (χ1) is 9.22. The van der Waals surface area contributed by atoms with Gasteiger partial charge in [0.25, 0.3) is 5.91 Å². The fourth-order valence-electron chi connectivity index (χ4n) is 2.33. The van der Waals surface area contributed by atoms with Crippen LogP contribution >= 0.6 is 15.9 Å². The zero-order valence-electron chi connectivity index (χ0n) is 10.4. The van der Waals surface area contributed by atoms with Crippen LogP contribution in [0.25, 0.3) is 10.9 Å². The molecule has 1 fully saturated rings. The van der Waals surface area contributed by atoms with Crippen molar-refractivity contribution in [3.05, 3.63) is 34.4 Å². The summed E-state index contributed by atoms with van der Waals surface area (Å²) >= 11 is 3.42. The van der Waals surface area contributed by atoms with E-state index in [1.165, 1.54) is 0 Å². The van der Waals surface area contributed by atoms with E-state index in [2.05, 4.69) is 26.2 Å².